The largest absolute Gasteiger partial charge is 0.329 e. The van der Waals surface area contributed by atoms with Crippen molar-refractivity contribution in [1.29, 1.82) is 0 Å². The maximum atomic E-state index is 12.0. The monoisotopic (exact) mass is 326 g/mol. The molecule has 0 fully saturated rings. The second-order valence-electron chi connectivity index (χ2n) is 3.31. The van der Waals surface area contributed by atoms with Gasteiger partial charge in [-0.25, -0.2) is 13.1 Å². The Morgan fingerprint density at radius 1 is 1.56 bits per heavy atom. The SMILES string of the molecule is C[C@@H](CN)NS(=O)(=O)c1c(Cl)cccc1Br. The van der Waals surface area contributed by atoms with E-state index in [1.54, 1.807) is 19.1 Å². The average molecular weight is 328 g/mol. The highest BCUT2D eigenvalue weighted by Crippen LogP contribution is 2.29. The van der Waals surface area contributed by atoms with E-state index in [4.69, 9.17) is 17.3 Å². The van der Waals surface area contributed by atoms with Crippen LogP contribution in [0.5, 0.6) is 0 Å². The molecular formula is C9H12BrClN2O2S. The molecular weight excluding hydrogens is 316 g/mol. The number of hydrogen-bond donors (Lipinski definition) is 2. The lowest BCUT2D eigenvalue weighted by Gasteiger charge is -2.13. The first-order valence-corrected chi connectivity index (χ1v) is 7.20. The van der Waals surface area contributed by atoms with Crippen LogP contribution in [0.15, 0.2) is 27.6 Å². The summed E-state index contributed by atoms with van der Waals surface area (Å²) in [6.45, 7) is 1.91. The predicted molar refractivity (Wildman–Crippen MR) is 68.0 cm³/mol. The molecule has 0 radical (unpaired) electrons. The van der Waals surface area contributed by atoms with Gasteiger partial charge in [-0.05, 0) is 35.0 Å². The van der Waals surface area contributed by atoms with Crippen molar-refractivity contribution in [2.45, 2.75) is 17.9 Å². The van der Waals surface area contributed by atoms with Crippen LogP contribution in [0.1, 0.15) is 6.92 Å². The van der Waals surface area contributed by atoms with Gasteiger partial charge in [0.05, 0.1) is 5.02 Å². The molecule has 90 valence electrons. The van der Waals surface area contributed by atoms with Crippen molar-refractivity contribution < 1.29 is 8.42 Å². The summed E-state index contributed by atoms with van der Waals surface area (Å²) in [6, 6.07) is 4.47. The first-order valence-electron chi connectivity index (χ1n) is 4.55. The molecule has 1 rings (SSSR count). The number of hydrogen-bond acceptors (Lipinski definition) is 3. The molecule has 0 saturated carbocycles. The molecule has 0 amide bonds. The fourth-order valence-electron chi connectivity index (χ4n) is 1.11. The molecule has 0 aliphatic rings. The molecule has 0 saturated heterocycles. The molecule has 0 aliphatic heterocycles. The standard InChI is InChI=1S/C9H12BrClN2O2S/c1-6(5-12)13-16(14,15)9-7(10)3-2-4-8(9)11/h2-4,6,13H,5,12H2,1H3/t6-/m0/s1. The third-order valence-corrected chi connectivity index (χ3v) is 4.94. The molecule has 1 aromatic carbocycles. The lowest BCUT2D eigenvalue weighted by molar-refractivity contribution is 0.562. The smallest absolute Gasteiger partial charge is 0.243 e. The molecule has 0 heterocycles. The van der Waals surface area contributed by atoms with E-state index in [1.165, 1.54) is 6.07 Å². The molecule has 0 aromatic heterocycles. The van der Waals surface area contributed by atoms with Crippen molar-refractivity contribution in [1.82, 2.24) is 4.72 Å². The van der Waals surface area contributed by atoms with E-state index < -0.39 is 10.0 Å². The van der Waals surface area contributed by atoms with Crippen molar-refractivity contribution in [2.75, 3.05) is 6.54 Å². The van der Waals surface area contributed by atoms with Crippen molar-refractivity contribution in [3.63, 3.8) is 0 Å². The summed E-state index contributed by atoms with van der Waals surface area (Å²) in [5.74, 6) is 0. The third kappa shape index (κ3) is 3.18. The Morgan fingerprint density at radius 3 is 2.69 bits per heavy atom. The molecule has 4 nitrogen and oxygen atoms in total. The zero-order valence-electron chi connectivity index (χ0n) is 8.57. The third-order valence-electron chi connectivity index (χ3n) is 1.90. The number of halogens is 2. The number of nitrogens with one attached hydrogen (secondary N) is 1. The van der Waals surface area contributed by atoms with Crippen molar-refractivity contribution in [2.24, 2.45) is 5.73 Å². The fraction of sp³-hybridized carbons (Fsp3) is 0.333. The Balaban J connectivity index is 3.17. The zero-order valence-corrected chi connectivity index (χ0v) is 11.7. The van der Waals surface area contributed by atoms with Crippen LogP contribution in [0.25, 0.3) is 0 Å². The van der Waals surface area contributed by atoms with E-state index in [-0.39, 0.29) is 22.5 Å². The fourth-order valence-corrected chi connectivity index (χ4v) is 4.10. The van der Waals surface area contributed by atoms with Crippen LogP contribution in [-0.4, -0.2) is 21.0 Å². The maximum Gasteiger partial charge on any atom is 0.243 e. The summed E-state index contributed by atoms with van der Waals surface area (Å²) in [5.41, 5.74) is 5.36. The average Bonchev–Trinajstić information content (AvgIpc) is 2.16. The van der Waals surface area contributed by atoms with Crippen molar-refractivity contribution in [3.8, 4) is 0 Å². The molecule has 0 spiro atoms. The predicted octanol–water partition coefficient (Wildman–Crippen LogP) is 1.73. The summed E-state index contributed by atoms with van der Waals surface area (Å²) in [7, 11) is -3.64. The topological polar surface area (TPSA) is 72.2 Å². The Morgan fingerprint density at radius 2 is 2.19 bits per heavy atom. The van der Waals surface area contributed by atoms with Gasteiger partial charge in [-0.1, -0.05) is 17.7 Å². The maximum absolute atomic E-state index is 12.0. The first kappa shape index (κ1) is 13.9. The molecule has 16 heavy (non-hydrogen) atoms. The molecule has 1 atom stereocenters. The van der Waals surface area contributed by atoms with E-state index >= 15 is 0 Å². The minimum atomic E-state index is -3.64. The summed E-state index contributed by atoms with van der Waals surface area (Å²) in [4.78, 5) is 0.0389. The van der Waals surface area contributed by atoms with Gasteiger partial charge in [0.1, 0.15) is 4.90 Å². The highest BCUT2D eigenvalue weighted by molar-refractivity contribution is 9.10. The van der Waals surface area contributed by atoms with E-state index in [0.29, 0.717) is 4.47 Å². The van der Waals surface area contributed by atoms with E-state index in [1.807, 2.05) is 0 Å². The molecule has 1 aromatic rings. The Hall–Kier alpha value is -0.140. The Bertz CT molecular complexity index is 458. The Kier molecular flexibility index (Phi) is 4.75. The summed E-state index contributed by atoms with van der Waals surface area (Å²) >= 11 is 9.02. The first-order chi connectivity index (χ1) is 7.38. The highest BCUT2D eigenvalue weighted by atomic mass is 79.9. The van der Waals surface area contributed by atoms with E-state index in [2.05, 4.69) is 20.7 Å². The molecule has 0 unspecified atom stereocenters. The number of nitrogens with two attached hydrogens (primary N) is 1. The lowest BCUT2D eigenvalue weighted by Crippen LogP contribution is -2.38. The van der Waals surface area contributed by atoms with E-state index in [0.717, 1.165) is 0 Å². The molecule has 3 N–H and O–H groups in total. The van der Waals surface area contributed by atoms with Gasteiger partial charge in [0, 0.05) is 17.1 Å². The van der Waals surface area contributed by atoms with E-state index in [9.17, 15) is 8.42 Å². The van der Waals surface area contributed by atoms with Gasteiger partial charge in [0.2, 0.25) is 10.0 Å². The van der Waals surface area contributed by atoms with Crippen LogP contribution in [-0.2, 0) is 10.0 Å². The van der Waals surface area contributed by atoms with Gasteiger partial charge in [-0.2, -0.15) is 0 Å². The normalized spacial score (nSPS) is 13.8. The van der Waals surface area contributed by atoms with Crippen LogP contribution in [0.2, 0.25) is 5.02 Å². The van der Waals surface area contributed by atoms with Crippen LogP contribution >= 0.6 is 27.5 Å². The molecule has 7 heteroatoms. The molecule has 0 aliphatic carbocycles. The van der Waals surface area contributed by atoms with Crippen LogP contribution in [0, 0.1) is 0 Å². The number of benzene rings is 1. The minimum absolute atomic E-state index is 0.0389. The van der Waals surface area contributed by atoms with Gasteiger partial charge in [0.25, 0.3) is 0 Å². The van der Waals surface area contributed by atoms with Crippen LogP contribution < -0.4 is 10.5 Å². The summed E-state index contributed by atoms with van der Waals surface area (Å²) in [5, 5.41) is 0.172. The quantitative estimate of drug-likeness (QED) is 0.884. The zero-order chi connectivity index (χ0) is 12.3. The van der Waals surface area contributed by atoms with Crippen LogP contribution in [0.4, 0.5) is 0 Å². The molecule has 0 bridgehead atoms. The van der Waals surface area contributed by atoms with Gasteiger partial charge in [-0.15, -0.1) is 0 Å². The van der Waals surface area contributed by atoms with Gasteiger partial charge >= 0.3 is 0 Å². The van der Waals surface area contributed by atoms with Gasteiger partial charge in [-0.3, -0.25) is 0 Å². The van der Waals surface area contributed by atoms with Gasteiger partial charge < -0.3 is 5.73 Å². The van der Waals surface area contributed by atoms with Crippen molar-refractivity contribution in [3.05, 3.63) is 27.7 Å². The Labute approximate surface area is 108 Å². The summed E-state index contributed by atoms with van der Waals surface area (Å²) in [6.07, 6.45) is 0. The highest BCUT2D eigenvalue weighted by Gasteiger charge is 2.22. The lowest BCUT2D eigenvalue weighted by atomic mass is 10.4. The van der Waals surface area contributed by atoms with Gasteiger partial charge in [0.15, 0.2) is 0 Å². The summed E-state index contributed by atoms with van der Waals surface area (Å²) < 4.78 is 26.8. The number of rotatable bonds is 4. The minimum Gasteiger partial charge on any atom is -0.329 e. The second-order valence-corrected chi connectivity index (χ2v) is 6.22. The number of sulfonamides is 1. The van der Waals surface area contributed by atoms with Crippen LogP contribution in [0.3, 0.4) is 0 Å². The second kappa shape index (κ2) is 5.46. The van der Waals surface area contributed by atoms with Crippen molar-refractivity contribution >= 4 is 37.6 Å².